The third-order valence-corrected chi connectivity index (χ3v) is 3.53. The predicted octanol–water partition coefficient (Wildman–Crippen LogP) is 0.773. The molecule has 20 heavy (non-hydrogen) atoms. The Kier molecular flexibility index (Phi) is 4.74. The van der Waals surface area contributed by atoms with E-state index in [0.29, 0.717) is 6.54 Å². The van der Waals surface area contributed by atoms with Crippen LogP contribution in [0.4, 0.5) is 5.69 Å². The van der Waals surface area contributed by atoms with Crippen molar-refractivity contribution in [3.63, 3.8) is 0 Å². The van der Waals surface area contributed by atoms with E-state index in [2.05, 4.69) is 0 Å². The highest BCUT2D eigenvalue weighted by atomic mass is 16.2. The van der Waals surface area contributed by atoms with E-state index >= 15 is 0 Å². The number of hydrogen-bond acceptors (Lipinski definition) is 3. The van der Waals surface area contributed by atoms with E-state index in [4.69, 9.17) is 5.73 Å². The quantitative estimate of drug-likeness (QED) is 0.807. The van der Waals surface area contributed by atoms with E-state index in [-0.39, 0.29) is 24.9 Å². The highest BCUT2D eigenvalue weighted by Crippen LogP contribution is 2.20. The summed E-state index contributed by atoms with van der Waals surface area (Å²) in [6.07, 6.45) is 2.98. The number of hydrogen-bond donors (Lipinski definition) is 1. The number of rotatable bonds is 5. The van der Waals surface area contributed by atoms with Crippen LogP contribution in [0, 0.1) is 0 Å². The molecule has 2 N–H and O–H groups in total. The van der Waals surface area contributed by atoms with Crippen LogP contribution in [-0.4, -0.2) is 43.4 Å². The van der Waals surface area contributed by atoms with Gasteiger partial charge in [-0.1, -0.05) is 12.1 Å². The number of anilines is 1. The van der Waals surface area contributed by atoms with Gasteiger partial charge in [-0.05, 0) is 43.5 Å². The smallest absolute Gasteiger partial charge is 0.247 e. The van der Waals surface area contributed by atoms with Crippen molar-refractivity contribution in [2.24, 2.45) is 5.73 Å². The van der Waals surface area contributed by atoms with E-state index in [0.717, 1.165) is 24.9 Å². The Morgan fingerprint density at radius 1 is 1.15 bits per heavy atom. The van der Waals surface area contributed by atoms with Crippen molar-refractivity contribution in [2.45, 2.75) is 19.3 Å². The molecule has 0 bridgehead atoms. The van der Waals surface area contributed by atoms with Gasteiger partial charge in [-0.25, -0.2) is 0 Å². The zero-order valence-corrected chi connectivity index (χ0v) is 11.8. The summed E-state index contributed by atoms with van der Waals surface area (Å²) >= 11 is 0. The van der Waals surface area contributed by atoms with Gasteiger partial charge in [-0.3, -0.25) is 9.59 Å². The lowest BCUT2D eigenvalue weighted by Crippen LogP contribution is -2.52. The van der Waals surface area contributed by atoms with E-state index in [1.807, 2.05) is 24.3 Å². The molecule has 0 aromatic heterocycles. The average Bonchev–Trinajstić information content (AvgIpc) is 2.43. The van der Waals surface area contributed by atoms with Crippen molar-refractivity contribution < 1.29 is 9.59 Å². The van der Waals surface area contributed by atoms with Gasteiger partial charge in [0.05, 0.1) is 6.54 Å². The Morgan fingerprint density at radius 2 is 1.95 bits per heavy atom. The van der Waals surface area contributed by atoms with Gasteiger partial charge in [0, 0.05) is 12.7 Å². The maximum Gasteiger partial charge on any atom is 0.247 e. The number of nitrogens with two attached hydrogens (primary N) is 1. The molecule has 0 aliphatic carbocycles. The van der Waals surface area contributed by atoms with Crippen LogP contribution in [0.2, 0.25) is 0 Å². The maximum atomic E-state index is 12.0. The van der Waals surface area contributed by atoms with Crippen LogP contribution >= 0.6 is 0 Å². The number of carbonyl (C=O) groups excluding carboxylic acids is 2. The third kappa shape index (κ3) is 3.36. The second kappa shape index (κ2) is 6.52. The molecule has 1 aliphatic rings. The van der Waals surface area contributed by atoms with E-state index in [9.17, 15) is 9.59 Å². The molecular formula is C15H21N3O2. The number of unbranched alkanes of at least 4 members (excludes halogenated alkanes) is 1. The van der Waals surface area contributed by atoms with Crippen LogP contribution in [0.15, 0.2) is 24.3 Å². The molecule has 2 rings (SSSR count). The fourth-order valence-corrected chi connectivity index (χ4v) is 2.31. The number of likely N-dealkylation sites (N-methyl/N-ethyl adjacent to an activating group) is 1. The van der Waals surface area contributed by atoms with Crippen LogP contribution < -0.4 is 10.6 Å². The zero-order chi connectivity index (χ0) is 14.5. The van der Waals surface area contributed by atoms with Gasteiger partial charge in [0.2, 0.25) is 11.8 Å². The van der Waals surface area contributed by atoms with Crippen molar-refractivity contribution in [1.29, 1.82) is 0 Å². The second-order valence-corrected chi connectivity index (χ2v) is 5.15. The number of carbonyl (C=O) groups is 2. The first-order chi connectivity index (χ1) is 9.61. The number of piperazine rings is 1. The van der Waals surface area contributed by atoms with E-state index in [1.54, 1.807) is 11.9 Å². The van der Waals surface area contributed by atoms with Gasteiger partial charge in [0.15, 0.2) is 0 Å². The summed E-state index contributed by atoms with van der Waals surface area (Å²) in [6.45, 7) is 0.975. The second-order valence-electron chi connectivity index (χ2n) is 5.15. The molecule has 0 atom stereocenters. The number of aryl methyl sites for hydroxylation is 1. The predicted molar refractivity (Wildman–Crippen MR) is 78.4 cm³/mol. The van der Waals surface area contributed by atoms with Crippen molar-refractivity contribution in [3.05, 3.63) is 29.8 Å². The van der Waals surface area contributed by atoms with Crippen molar-refractivity contribution in [3.8, 4) is 0 Å². The van der Waals surface area contributed by atoms with Crippen molar-refractivity contribution in [2.75, 3.05) is 31.6 Å². The number of benzene rings is 1. The molecule has 5 nitrogen and oxygen atoms in total. The van der Waals surface area contributed by atoms with Gasteiger partial charge in [0.1, 0.15) is 6.54 Å². The van der Waals surface area contributed by atoms with Crippen molar-refractivity contribution in [1.82, 2.24) is 4.90 Å². The molecular weight excluding hydrogens is 254 g/mol. The molecule has 1 aromatic carbocycles. The molecule has 1 aliphatic heterocycles. The van der Waals surface area contributed by atoms with Gasteiger partial charge >= 0.3 is 0 Å². The first kappa shape index (κ1) is 14.5. The monoisotopic (exact) mass is 275 g/mol. The highest BCUT2D eigenvalue weighted by molar-refractivity contribution is 6.04. The van der Waals surface area contributed by atoms with Crippen LogP contribution in [-0.2, 0) is 16.0 Å². The fraction of sp³-hybridized carbons (Fsp3) is 0.467. The van der Waals surface area contributed by atoms with Gasteiger partial charge in [0.25, 0.3) is 0 Å². The molecule has 5 heteroatoms. The fourth-order valence-electron chi connectivity index (χ4n) is 2.31. The summed E-state index contributed by atoms with van der Waals surface area (Å²) in [5.41, 5.74) is 7.47. The van der Waals surface area contributed by atoms with Gasteiger partial charge < -0.3 is 15.5 Å². The Hall–Kier alpha value is -1.88. The first-order valence-corrected chi connectivity index (χ1v) is 6.95. The molecule has 1 heterocycles. The summed E-state index contributed by atoms with van der Waals surface area (Å²) in [4.78, 5) is 26.8. The minimum absolute atomic E-state index is 0.0295. The minimum Gasteiger partial charge on any atom is -0.335 e. The van der Waals surface area contributed by atoms with E-state index in [1.165, 1.54) is 10.5 Å². The molecule has 108 valence electrons. The molecule has 0 unspecified atom stereocenters. The van der Waals surface area contributed by atoms with Crippen LogP contribution in [0.25, 0.3) is 0 Å². The molecule has 0 radical (unpaired) electrons. The average molecular weight is 275 g/mol. The standard InChI is InChI=1S/C15H21N3O2/c1-17-10-15(20)18(11-14(17)19)13-7-4-6-12(9-13)5-2-3-8-16/h4,6-7,9H,2-3,5,8,10-11,16H2,1H3. The minimum atomic E-state index is -0.0359. The third-order valence-electron chi connectivity index (χ3n) is 3.53. The summed E-state index contributed by atoms with van der Waals surface area (Å²) in [5, 5.41) is 0. The molecule has 1 fully saturated rings. The molecule has 1 saturated heterocycles. The Labute approximate surface area is 119 Å². The Balaban J connectivity index is 2.10. The Bertz CT molecular complexity index is 502. The van der Waals surface area contributed by atoms with Crippen molar-refractivity contribution >= 4 is 17.5 Å². The maximum absolute atomic E-state index is 12.0. The normalized spacial score (nSPS) is 15.9. The molecule has 0 saturated carbocycles. The van der Waals surface area contributed by atoms with Gasteiger partial charge in [-0.2, -0.15) is 0 Å². The van der Waals surface area contributed by atoms with Crippen LogP contribution in [0.5, 0.6) is 0 Å². The number of amides is 2. The lowest BCUT2D eigenvalue weighted by Gasteiger charge is -2.31. The lowest BCUT2D eigenvalue weighted by molar-refractivity contribution is -0.136. The van der Waals surface area contributed by atoms with Crippen LogP contribution in [0.3, 0.4) is 0 Å². The summed E-state index contributed by atoms with van der Waals surface area (Å²) < 4.78 is 0. The summed E-state index contributed by atoms with van der Waals surface area (Å²) in [6, 6.07) is 7.85. The lowest BCUT2D eigenvalue weighted by atomic mass is 10.1. The highest BCUT2D eigenvalue weighted by Gasteiger charge is 2.28. The van der Waals surface area contributed by atoms with E-state index < -0.39 is 0 Å². The molecule has 0 spiro atoms. The summed E-state index contributed by atoms with van der Waals surface area (Å²) in [7, 11) is 1.65. The SMILES string of the molecule is CN1CC(=O)N(c2cccc(CCCCN)c2)CC1=O. The number of nitrogens with zero attached hydrogens (tertiary/aromatic N) is 2. The molecule has 1 aromatic rings. The molecule has 2 amide bonds. The van der Waals surface area contributed by atoms with Gasteiger partial charge in [-0.15, -0.1) is 0 Å². The zero-order valence-electron chi connectivity index (χ0n) is 11.8. The Morgan fingerprint density at radius 3 is 2.70 bits per heavy atom. The largest absolute Gasteiger partial charge is 0.335 e. The first-order valence-electron chi connectivity index (χ1n) is 6.95. The topological polar surface area (TPSA) is 66.6 Å². The summed E-state index contributed by atoms with van der Waals surface area (Å²) in [5.74, 6) is -0.0654. The van der Waals surface area contributed by atoms with Crippen LogP contribution in [0.1, 0.15) is 18.4 Å².